The van der Waals surface area contributed by atoms with Gasteiger partial charge in [0, 0.05) is 12.7 Å². The maximum Gasteiger partial charge on any atom is 0.0868 e. The number of para-hydroxylation sites is 1. The summed E-state index contributed by atoms with van der Waals surface area (Å²) in [6.45, 7) is 2.75. The predicted octanol–water partition coefficient (Wildman–Crippen LogP) is 3.25. The van der Waals surface area contributed by atoms with Crippen molar-refractivity contribution in [3.63, 3.8) is 0 Å². The van der Waals surface area contributed by atoms with Gasteiger partial charge in [0.25, 0.3) is 0 Å². The van der Waals surface area contributed by atoms with Crippen LogP contribution in [0.1, 0.15) is 18.3 Å². The molecule has 1 N–H and O–H groups in total. The Hall–Kier alpha value is -1.48. The Kier molecular flexibility index (Phi) is 3.69. The van der Waals surface area contributed by atoms with Crippen molar-refractivity contribution < 1.29 is 0 Å². The van der Waals surface area contributed by atoms with Crippen LogP contribution in [0, 0.1) is 0 Å². The Labute approximate surface area is 106 Å². The monoisotopic (exact) mass is 249 g/mol. The molecule has 0 amide bonds. The zero-order chi connectivity index (χ0) is 12.3. The summed E-state index contributed by atoms with van der Waals surface area (Å²) in [5.41, 5.74) is 3.06. The molecule has 0 spiro atoms. The zero-order valence-corrected chi connectivity index (χ0v) is 10.8. The predicted molar refractivity (Wildman–Crippen MR) is 71.4 cm³/mol. The van der Waals surface area contributed by atoms with Crippen molar-refractivity contribution in [2.75, 3.05) is 5.32 Å². The smallest absolute Gasteiger partial charge is 0.0868 e. The zero-order valence-electron chi connectivity index (χ0n) is 10.1. The molecule has 0 aliphatic rings. The van der Waals surface area contributed by atoms with Crippen LogP contribution < -0.4 is 5.32 Å². The third-order valence-corrected chi connectivity index (χ3v) is 3.17. The highest BCUT2D eigenvalue weighted by Crippen LogP contribution is 2.21. The van der Waals surface area contributed by atoms with Crippen molar-refractivity contribution >= 4 is 17.3 Å². The average Bonchev–Trinajstić information content (AvgIpc) is 2.63. The highest BCUT2D eigenvalue weighted by molar-refractivity contribution is 6.31. The molecule has 90 valence electrons. The Bertz CT molecular complexity index is 491. The number of rotatable bonds is 4. The number of benzene rings is 1. The molecule has 0 fully saturated rings. The quantitative estimate of drug-likeness (QED) is 0.902. The third-order valence-electron chi connectivity index (χ3n) is 2.74. The lowest BCUT2D eigenvalue weighted by Crippen LogP contribution is -2.05. The van der Waals surface area contributed by atoms with Gasteiger partial charge in [-0.15, -0.1) is 0 Å². The van der Waals surface area contributed by atoms with Gasteiger partial charge in [-0.1, -0.05) is 36.7 Å². The largest absolute Gasteiger partial charge is 0.379 e. The first-order chi connectivity index (χ1) is 8.22. The normalized spacial score (nSPS) is 10.5. The SMILES string of the molecule is CCc1nn(C)c(CNc2ccccc2)c1Cl. The molecule has 4 heteroatoms. The van der Waals surface area contributed by atoms with E-state index in [0.717, 1.165) is 28.5 Å². The number of hydrogen-bond acceptors (Lipinski definition) is 2. The van der Waals surface area contributed by atoms with Gasteiger partial charge in [-0.25, -0.2) is 0 Å². The van der Waals surface area contributed by atoms with E-state index in [4.69, 9.17) is 11.6 Å². The number of aromatic nitrogens is 2. The molecule has 0 unspecified atom stereocenters. The maximum absolute atomic E-state index is 6.27. The van der Waals surface area contributed by atoms with Gasteiger partial charge in [-0.2, -0.15) is 5.10 Å². The molecule has 0 saturated carbocycles. The van der Waals surface area contributed by atoms with Gasteiger partial charge < -0.3 is 5.32 Å². The maximum atomic E-state index is 6.27. The Morgan fingerprint density at radius 1 is 1.29 bits per heavy atom. The van der Waals surface area contributed by atoms with Crippen LogP contribution in [0.2, 0.25) is 5.02 Å². The van der Waals surface area contributed by atoms with Crippen LogP contribution in [0.25, 0.3) is 0 Å². The highest BCUT2D eigenvalue weighted by Gasteiger charge is 2.12. The third kappa shape index (κ3) is 2.61. The molecule has 0 aliphatic carbocycles. The van der Waals surface area contributed by atoms with Crippen LogP contribution in [0.5, 0.6) is 0 Å². The topological polar surface area (TPSA) is 29.9 Å². The summed E-state index contributed by atoms with van der Waals surface area (Å²) in [4.78, 5) is 0. The molecule has 0 bridgehead atoms. The first kappa shape index (κ1) is 12.0. The van der Waals surface area contributed by atoms with E-state index >= 15 is 0 Å². The van der Waals surface area contributed by atoms with E-state index in [1.165, 1.54) is 0 Å². The van der Waals surface area contributed by atoms with Crippen molar-refractivity contribution in [1.29, 1.82) is 0 Å². The number of nitrogens with one attached hydrogen (secondary N) is 1. The average molecular weight is 250 g/mol. The van der Waals surface area contributed by atoms with E-state index in [1.54, 1.807) is 0 Å². The Morgan fingerprint density at radius 2 is 2.00 bits per heavy atom. The second-order valence-corrected chi connectivity index (χ2v) is 4.28. The van der Waals surface area contributed by atoms with Gasteiger partial charge in [0.2, 0.25) is 0 Å². The second-order valence-electron chi connectivity index (χ2n) is 3.90. The molecule has 17 heavy (non-hydrogen) atoms. The molecule has 0 saturated heterocycles. The molecule has 2 rings (SSSR count). The first-order valence-corrected chi connectivity index (χ1v) is 6.09. The number of aryl methyl sites for hydroxylation is 2. The molecule has 1 heterocycles. The second kappa shape index (κ2) is 5.23. The van der Waals surface area contributed by atoms with Crippen molar-refractivity contribution in [2.45, 2.75) is 19.9 Å². The van der Waals surface area contributed by atoms with Gasteiger partial charge >= 0.3 is 0 Å². The van der Waals surface area contributed by atoms with Gasteiger partial charge in [0.05, 0.1) is 23.0 Å². The lowest BCUT2D eigenvalue weighted by Gasteiger charge is -2.06. The van der Waals surface area contributed by atoms with Crippen molar-refractivity contribution in [1.82, 2.24) is 9.78 Å². The van der Waals surface area contributed by atoms with Crippen LogP contribution in [-0.2, 0) is 20.0 Å². The molecule has 0 aliphatic heterocycles. The summed E-state index contributed by atoms with van der Waals surface area (Å²) in [7, 11) is 1.92. The molecule has 3 nitrogen and oxygen atoms in total. The fraction of sp³-hybridized carbons (Fsp3) is 0.308. The van der Waals surface area contributed by atoms with Gasteiger partial charge in [0.1, 0.15) is 0 Å². The van der Waals surface area contributed by atoms with Crippen molar-refractivity contribution in [3.8, 4) is 0 Å². The summed E-state index contributed by atoms with van der Waals surface area (Å²) < 4.78 is 1.84. The molecular formula is C13H16ClN3. The Morgan fingerprint density at radius 3 is 2.59 bits per heavy atom. The molecule has 2 aromatic rings. The van der Waals surface area contributed by atoms with Crippen molar-refractivity contribution in [2.24, 2.45) is 7.05 Å². The van der Waals surface area contributed by atoms with E-state index in [0.29, 0.717) is 6.54 Å². The van der Waals surface area contributed by atoms with Crippen LogP contribution in [-0.4, -0.2) is 9.78 Å². The number of nitrogens with zero attached hydrogens (tertiary/aromatic N) is 2. The number of anilines is 1. The standard InChI is InChI=1S/C13H16ClN3/c1-3-11-13(14)12(17(2)16-11)9-15-10-7-5-4-6-8-10/h4-8,15H,3,9H2,1-2H3. The van der Waals surface area contributed by atoms with E-state index in [2.05, 4.69) is 17.3 Å². The lowest BCUT2D eigenvalue weighted by atomic mass is 10.3. The van der Waals surface area contributed by atoms with Crippen LogP contribution in [0.3, 0.4) is 0 Å². The molecule has 0 atom stereocenters. The van der Waals surface area contributed by atoms with Gasteiger partial charge in [-0.05, 0) is 18.6 Å². The molecule has 1 aromatic carbocycles. The van der Waals surface area contributed by atoms with E-state index < -0.39 is 0 Å². The van der Waals surface area contributed by atoms with E-state index in [9.17, 15) is 0 Å². The summed E-state index contributed by atoms with van der Waals surface area (Å²) >= 11 is 6.27. The molecular weight excluding hydrogens is 234 g/mol. The fourth-order valence-electron chi connectivity index (χ4n) is 1.75. The minimum atomic E-state index is 0.687. The minimum absolute atomic E-state index is 0.687. The summed E-state index contributed by atoms with van der Waals surface area (Å²) in [5, 5.41) is 8.50. The highest BCUT2D eigenvalue weighted by atomic mass is 35.5. The van der Waals surface area contributed by atoms with Crippen LogP contribution in [0.15, 0.2) is 30.3 Å². The summed E-state index contributed by atoms with van der Waals surface area (Å²) in [6.07, 6.45) is 0.859. The molecule has 1 aromatic heterocycles. The van der Waals surface area contributed by atoms with E-state index in [1.807, 2.05) is 42.1 Å². The lowest BCUT2D eigenvalue weighted by molar-refractivity contribution is 0.707. The summed E-state index contributed by atoms with van der Waals surface area (Å²) in [6, 6.07) is 10.1. The fourth-order valence-corrected chi connectivity index (χ4v) is 2.11. The minimum Gasteiger partial charge on any atom is -0.379 e. The Balaban J connectivity index is 2.12. The van der Waals surface area contributed by atoms with Crippen LogP contribution in [0.4, 0.5) is 5.69 Å². The number of hydrogen-bond donors (Lipinski definition) is 1. The van der Waals surface area contributed by atoms with Crippen LogP contribution >= 0.6 is 11.6 Å². The first-order valence-electron chi connectivity index (χ1n) is 5.71. The summed E-state index contributed by atoms with van der Waals surface area (Å²) in [5.74, 6) is 0. The number of halogens is 1. The van der Waals surface area contributed by atoms with Gasteiger partial charge in [-0.3, -0.25) is 4.68 Å². The van der Waals surface area contributed by atoms with Crippen molar-refractivity contribution in [3.05, 3.63) is 46.7 Å². The van der Waals surface area contributed by atoms with Gasteiger partial charge in [0.15, 0.2) is 0 Å². The van der Waals surface area contributed by atoms with E-state index in [-0.39, 0.29) is 0 Å². The molecule has 0 radical (unpaired) electrons.